The number of rotatable bonds is 3. The average Bonchev–Trinajstić information content (AvgIpc) is 3.23. The van der Waals surface area contributed by atoms with Crippen LogP contribution in [0.15, 0.2) is 42.5 Å². The molecule has 0 N–H and O–H groups in total. The van der Waals surface area contributed by atoms with Crippen LogP contribution in [0.1, 0.15) is 22.4 Å². The van der Waals surface area contributed by atoms with Crippen molar-refractivity contribution in [2.75, 3.05) is 33.4 Å². The fourth-order valence-electron chi connectivity index (χ4n) is 4.76. The summed E-state index contributed by atoms with van der Waals surface area (Å²) in [6.45, 7) is 5.90. The third-order valence-corrected chi connectivity index (χ3v) is 6.32. The smallest absolute Gasteiger partial charge is 0.213 e. The predicted molar refractivity (Wildman–Crippen MR) is 112 cm³/mol. The molecule has 0 aliphatic carbocycles. The fraction of sp³-hybridized carbons (Fsp3) is 0.417. The Labute approximate surface area is 170 Å². The van der Waals surface area contributed by atoms with Gasteiger partial charge in [0.2, 0.25) is 5.79 Å². The number of aryl methyl sites for hydroxylation is 1. The van der Waals surface area contributed by atoms with Gasteiger partial charge in [0.15, 0.2) is 0 Å². The molecule has 2 aromatic carbocycles. The zero-order valence-electron chi connectivity index (χ0n) is 17.1. The van der Waals surface area contributed by atoms with E-state index in [1.807, 2.05) is 0 Å². The van der Waals surface area contributed by atoms with Crippen LogP contribution in [0.2, 0.25) is 0 Å². The molecule has 0 amide bonds. The van der Waals surface area contributed by atoms with Crippen LogP contribution in [0.4, 0.5) is 4.39 Å². The standard InChI is InChI=1S/C24H27FN2O2/c1-17-3-8-22-21(15-17)20-9-11-26(2)12-10-23(20)27(22)16-24(28-13-14-29-24)18-4-6-19(25)7-5-18/h3-8,15H,9-14,16H2,1-2H3. The minimum atomic E-state index is -0.878. The SMILES string of the molecule is Cc1ccc2c(c1)c1c(n2CC2(c3ccc(F)cc3)OCCO2)CCN(C)CC1. The van der Waals surface area contributed by atoms with Crippen molar-refractivity contribution < 1.29 is 13.9 Å². The topological polar surface area (TPSA) is 26.6 Å². The quantitative estimate of drug-likeness (QED) is 0.671. The number of hydrogen-bond acceptors (Lipinski definition) is 3. The molecule has 3 aromatic rings. The van der Waals surface area contributed by atoms with Crippen LogP contribution in [0, 0.1) is 12.7 Å². The molecule has 1 fully saturated rings. The van der Waals surface area contributed by atoms with E-state index in [1.165, 1.54) is 39.9 Å². The van der Waals surface area contributed by atoms with Crippen molar-refractivity contribution in [1.82, 2.24) is 9.47 Å². The number of hydrogen-bond donors (Lipinski definition) is 0. The maximum atomic E-state index is 13.5. The first-order valence-electron chi connectivity index (χ1n) is 10.4. The minimum Gasteiger partial charge on any atom is -0.342 e. The second-order valence-electron chi connectivity index (χ2n) is 8.29. The largest absolute Gasteiger partial charge is 0.342 e. The Bertz CT molecular complexity index is 1040. The van der Waals surface area contributed by atoms with Crippen LogP contribution in [-0.4, -0.2) is 42.8 Å². The van der Waals surface area contributed by atoms with Crippen molar-refractivity contribution in [1.29, 1.82) is 0 Å². The molecule has 2 aliphatic heterocycles. The molecule has 1 saturated heterocycles. The molecule has 1 aromatic heterocycles. The van der Waals surface area contributed by atoms with Crippen LogP contribution in [-0.2, 0) is 34.6 Å². The fourth-order valence-corrected chi connectivity index (χ4v) is 4.76. The second kappa shape index (κ2) is 7.24. The lowest BCUT2D eigenvalue weighted by Crippen LogP contribution is -2.33. The Hall–Kier alpha value is -2.21. The zero-order chi connectivity index (χ0) is 20.0. The Morgan fingerprint density at radius 3 is 2.48 bits per heavy atom. The van der Waals surface area contributed by atoms with E-state index < -0.39 is 5.79 Å². The minimum absolute atomic E-state index is 0.249. The molecule has 5 heteroatoms. The zero-order valence-corrected chi connectivity index (χ0v) is 17.1. The highest BCUT2D eigenvalue weighted by Gasteiger charge is 2.40. The van der Waals surface area contributed by atoms with E-state index in [1.54, 1.807) is 12.1 Å². The number of fused-ring (bicyclic) bond motifs is 3. The van der Waals surface area contributed by atoms with Crippen molar-refractivity contribution in [2.45, 2.75) is 32.1 Å². The van der Waals surface area contributed by atoms with Crippen molar-refractivity contribution in [3.05, 3.63) is 70.7 Å². The molecule has 0 unspecified atom stereocenters. The van der Waals surface area contributed by atoms with E-state index in [4.69, 9.17) is 9.47 Å². The molecular weight excluding hydrogens is 367 g/mol. The summed E-state index contributed by atoms with van der Waals surface area (Å²) >= 11 is 0. The van der Waals surface area contributed by atoms with E-state index in [9.17, 15) is 4.39 Å². The lowest BCUT2D eigenvalue weighted by molar-refractivity contribution is -0.175. The van der Waals surface area contributed by atoms with Crippen LogP contribution >= 0.6 is 0 Å². The van der Waals surface area contributed by atoms with Crippen molar-refractivity contribution in [3.63, 3.8) is 0 Å². The molecule has 3 heterocycles. The van der Waals surface area contributed by atoms with Gasteiger partial charge in [-0.15, -0.1) is 0 Å². The number of aromatic nitrogens is 1. The van der Waals surface area contributed by atoms with Crippen LogP contribution in [0.3, 0.4) is 0 Å². The number of halogens is 1. The monoisotopic (exact) mass is 394 g/mol. The maximum Gasteiger partial charge on any atom is 0.213 e. The van der Waals surface area contributed by atoms with Gasteiger partial charge in [-0.2, -0.15) is 0 Å². The summed E-state index contributed by atoms with van der Waals surface area (Å²) < 4.78 is 28.3. The summed E-state index contributed by atoms with van der Waals surface area (Å²) in [5.74, 6) is -1.13. The molecule has 0 radical (unpaired) electrons. The highest BCUT2D eigenvalue weighted by atomic mass is 19.1. The Morgan fingerprint density at radius 2 is 1.72 bits per heavy atom. The first kappa shape index (κ1) is 18.8. The number of likely N-dealkylation sites (N-methyl/N-ethyl adjacent to an activating group) is 1. The Morgan fingerprint density at radius 1 is 1.00 bits per heavy atom. The second-order valence-corrected chi connectivity index (χ2v) is 8.29. The predicted octanol–water partition coefficient (Wildman–Crippen LogP) is 4.02. The molecule has 5 rings (SSSR count). The highest BCUT2D eigenvalue weighted by Crippen LogP contribution is 2.38. The molecule has 4 nitrogen and oxygen atoms in total. The first-order valence-corrected chi connectivity index (χ1v) is 10.4. The van der Waals surface area contributed by atoms with Crippen LogP contribution in [0.5, 0.6) is 0 Å². The maximum absolute atomic E-state index is 13.5. The number of benzene rings is 2. The van der Waals surface area contributed by atoms with Gasteiger partial charge < -0.3 is 18.9 Å². The third kappa shape index (κ3) is 3.27. The van der Waals surface area contributed by atoms with Gasteiger partial charge in [0.1, 0.15) is 5.82 Å². The Balaban J connectivity index is 1.65. The van der Waals surface area contributed by atoms with Gasteiger partial charge in [0, 0.05) is 41.7 Å². The lowest BCUT2D eigenvalue weighted by atomic mass is 10.0. The van der Waals surface area contributed by atoms with Gasteiger partial charge in [0.05, 0.1) is 19.8 Å². The average molecular weight is 394 g/mol. The molecule has 29 heavy (non-hydrogen) atoms. The third-order valence-electron chi connectivity index (χ3n) is 6.32. The summed E-state index contributed by atoms with van der Waals surface area (Å²) in [7, 11) is 2.19. The molecular formula is C24H27FN2O2. The molecule has 0 bridgehead atoms. The van der Waals surface area contributed by atoms with E-state index in [2.05, 4.69) is 41.6 Å². The number of ether oxygens (including phenoxy) is 2. The summed E-state index contributed by atoms with van der Waals surface area (Å²) in [5.41, 5.74) is 6.18. The summed E-state index contributed by atoms with van der Waals surface area (Å²) in [5, 5.41) is 1.34. The van der Waals surface area contributed by atoms with E-state index in [0.29, 0.717) is 19.8 Å². The van der Waals surface area contributed by atoms with Crippen molar-refractivity contribution in [3.8, 4) is 0 Å². The molecule has 0 spiro atoms. The molecule has 2 aliphatic rings. The Kier molecular flexibility index (Phi) is 4.69. The molecule has 0 saturated carbocycles. The molecule has 152 valence electrons. The van der Waals surface area contributed by atoms with Crippen molar-refractivity contribution >= 4 is 10.9 Å². The van der Waals surface area contributed by atoms with E-state index in [0.717, 1.165) is 31.5 Å². The summed E-state index contributed by atoms with van der Waals surface area (Å²) in [4.78, 5) is 2.39. The molecule has 0 atom stereocenters. The van der Waals surface area contributed by atoms with Crippen LogP contribution < -0.4 is 0 Å². The van der Waals surface area contributed by atoms with E-state index >= 15 is 0 Å². The van der Waals surface area contributed by atoms with E-state index in [-0.39, 0.29) is 5.82 Å². The van der Waals surface area contributed by atoms with Crippen molar-refractivity contribution in [2.24, 2.45) is 0 Å². The van der Waals surface area contributed by atoms with Gasteiger partial charge in [-0.3, -0.25) is 0 Å². The van der Waals surface area contributed by atoms with Gasteiger partial charge in [-0.25, -0.2) is 4.39 Å². The normalized spacial score (nSPS) is 19.4. The van der Waals surface area contributed by atoms with Gasteiger partial charge in [-0.1, -0.05) is 23.8 Å². The highest BCUT2D eigenvalue weighted by molar-refractivity contribution is 5.86. The lowest BCUT2D eigenvalue weighted by Gasteiger charge is -2.30. The summed E-state index contributed by atoms with van der Waals surface area (Å²) in [6, 6.07) is 13.2. The van der Waals surface area contributed by atoms with Gasteiger partial charge >= 0.3 is 0 Å². The number of nitrogens with zero attached hydrogens (tertiary/aromatic N) is 2. The van der Waals surface area contributed by atoms with Gasteiger partial charge in [-0.05, 0) is 50.2 Å². The first-order chi connectivity index (χ1) is 14.1. The van der Waals surface area contributed by atoms with Gasteiger partial charge in [0.25, 0.3) is 0 Å². The van der Waals surface area contributed by atoms with Crippen LogP contribution in [0.25, 0.3) is 10.9 Å². The summed E-state index contributed by atoms with van der Waals surface area (Å²) in [6.07, 6.45) is 2.04.